The van der Waals surface area contributed by atoms with E-state index in [1.54, 1.807) is 0 Å². The molecule has 1 heterocycles. The van der Waals surface area contributed by atoms with Crippen LogP contribution < -0.4 is 4.90 Å². The summed E-state index contributed by atoms with van der Waals surface area (Å²) < 4.78 is 16.2. The molecule has 0 aliphatic rings. The molecule has 0 amide bonds. The molecule has 45 heavy (non-hydrogen) atoms. The average molecular weight is 579 g/mol. The van der Waals surface area contributed by atoms with Crippen LogP contribution in [-0.2, 0) is 0 Å². The highest BCUT2D eigenvalue weighted by Crippen LogP contribution is 2.43. The minimum absolute atomic E-state index is 0.235. The van der Waals surface area contributed by atoms with E-state index in [-0.39, 0.29) is 5.82 Å². The Bertz CT molecular complexity index is 2470. The molecule has 0 N–H and O–H groups in total. The molecule has 2 nitrogen and oxygen atoms in total. The largest absolute Gasteiger partial charge is 0.310 e. The zero-order valence-corrected chi connectivity index (χ0v) is 24.4. The van der Waals surface area contributed by atoms with Crippen molar-refractivity contribution in [2.75, 3.05) is 4.90 Å². The van der Waals surface area contributed by atoms with E-state index in [1.165, 1.54) is 44.5 Å². The lowest BCUT2D eigenvalue weighted by atomic mass is 9.97. The first-order valence-corrected chi connectivity index (χ1v) is 15.2. The molecule has 8 aromatic carbocycles. The van der Waals surface area contributed by atoms with E-state index < -0.39 is 0 Å². The van der Waals surface area contributed by atoms with Gasteiger partial charge in [0.25, 0.3) is 0 Å². The van der Waals surface area contributed by atoms with Gasteiger partial charge in [-0.25, -0.2) is 4.39 Å². The van der Waals surface area contributed by atoms with Crippen molar-refractivity contribution in [1.82, 2.24) is 4.57 Å². The SMILES string of the molecule is Fc1ccc(-n2c3cccc4ccc5cc(-c6ccc(N(c7ccccc7)c7cccc8ccccc78)cc6)cc2c5c43)cc1. The van der Waals surface area contributed by atoms with Gasteiger partial charge in [0.2, 0.25) is 0 Å². The molecule has 9 rings (SSSR count). The van der Waals surface area contributed by atoms with Gasteiger partial charge in [-0.1, -0.05) is 91.0 Å². The molecule has 0 radical (unpaired) electrons. The standard InChI is InChI=1S/C42H27FN2/c43-33-20-24-36(25-21-33)45-39-15-7-10-30-16-17-31-26-32(27-40(45)42(31)41(30)39)28-18-22-35(23-19-28)44(34-11-2-1-3-12-34)38-14-6-9-29-8-4-5-13-37(29)38/h1-27H. The summed E-state index contributed by atoms with van der Waals surface area (Å²) in [4.78, 5) is 2.33. The number of anilines is 3. The van der Waals surface area contributed by atoms with Gasteiger partial charge < -0.3 is 9.47 Å². The maximum atomic E-state index is 13.9. The summed E-state index contributed by atoms with van der Waals surface area (Å²) in [7, 11) is 0. The van der Waals surface area contributed by atoms with Crippen molar-refractivity contribution in [2.45, 2.75) is 0 Å². The summed E-state index contributed by atoms with van der Waals surface area (Å²) in [6.45, 7) is 0. The molecule has 3 heteroatoms. The Labute approximate surface area is 260 Å². The molecule has 0 bridgehead atoms. The van der Waals surface area contributed by atoms with Crippen molar-refractivity contribution in [3.8, 4) is 16.8 Å². The van der Waals surface area contributed by atoms with Crippen molar-refractivity contribution >= 4 is 60.4 Å². The normalized spacial score (nSPS) is 11.7. The number of halogens is 1. The van der Waals surface area contributed by atoms with Gasteiger partial charge in [0, 0.05) is 33.2 Å². The summed E-state index contributed by atoms with van der Waals surface area (Å²) in [6, 6.07) is 56.6. The predicted octanol–water partition coefficient (Wildman–Crippen LogP) is 11.8. The summed E-state index contributed by atoms with van der Waals surface area (Å²) in [6.07, 6.45) is 0. The summed E-state index contributed by atoms with van der Waals surface area (Å²) >= 11 is 0. The number of nitrogens with zero attached hydrogens (tertiary/aromatic N) is 2. The zero-order chi connectivity index (χ0) is 29.9. The minimum Gasteiger partial charge on any atom is -0.310 e. The van der Waals surface area contributed by atoms with E-state index in [0.717, 1.165) is 44.9 Å². The third kappa shape index (κ3) is 4.09. The average Bonchev–Trinajstić information content (AvgIpc) is 3.44. The van der Waals surface area contributed by atoms with Gasteiger partial charge in [0.15, 0.2) is 0 Å². The van der Waals surface area contributed by atoms with Crippen molar-refractivity contribution in [2.24, 2.45) is 0 Å². The van der Waals surface area contributed by atoms with E-state index in [4.69, 9.17) is 0 Å². The van der Waals surface area contributed by atoms with Crippen molar-refractivity contribution in [3.63, 3.8) is 0 Å². The Morgan fingerprint density at radius 1 is 0.444 bits per heavy atom. The zero-order valence-electron chi connectivity index (χ0n) is 24.4. The number of rotatable bonds is 5. The number of fused-ring (bicyclic) bond motifs is 1. The molecule has 0 saturated heterocycles. The second-order valence-electron chi connectivity index (χ2n) is 11.6. The van der Waals surface area contributed by atoms with E-state index >= 15 is 0 Å². The van der Waals surface area contributed by atoms with Gasteiger partial charge in [-0.3, -0.25) is 0 Å². The highest BCUT2D eigenvalue weighted by atomic mass is 19.1. The Kier molecular flexibility index (Phi) is 5.72. The molecular formula is C42H27FN2. The van der Waals surface area contributed by atoms with Gasteiger partial charge >= 0.3 is 0 Å². The topological polar surface area (TPSA) is 8.17 Å². The van der Waals surface area contributed by atoms with Crippen LogP contribution in [-0.4, -0.2) is 4.57 Å². The lowest BCUT2D eigenvalue weighted by Crippen LogP contribution is -2.10. The van der Waals surface area contributed by atoms with Crippen molar-refractivity contribution in [3.05, 3.63) is 170 Å². The van der Waals surface area contributed by atoms with Crippen LogP contribution in [0.1, 0.15) is 0 Å². The molecule has 0 fully saturated rings. The van der Waals surface area contributed by atoms with Gasteiger partial charge in [0.05, 0.1) is 16.7 Å². The van der Waals surface area contributed by atoms with Gasteiger partial charge in [-0.15, -0.1) is 0 Å². The minimum atomic E-state index is -0.235. The molecule has 0 spiro atoms. The van der Waals surface area contributed by atoms with Crippen LogP contribution in [0.25, 0.3) is 60.2 Å². The second kappa shape index (κ2) is 10.1. The Morgan fingerprint density at radius 3 is 1.96 bits per heavy atom. The predicted molar refractivity (Wildman–Crippen MR) is 187 cm³/mol. The molecule has 0 aliphatic heterocycles. The Hall–Kier alpha value is -5.93. The Morgan fingerprint density at radius 2 is 1.11 bits per heavy atom. The monoisotopic (exact) mass is 578 g/mol. The lowest BCUT2D eigenvalue weighted by molar-refractivity contribution is 0.627. The van der Waals surface area contributed by atoms with Gasteiger partial charge in [0.1, 0.15) is 5.82 Å². The summed E-state index contributed by atoms with van der Waals surface area (Å²) in [5, 5.41) is 7.29. The first kappa shape index (κ1) is 25.6. The van der Waals surface area contributed by atoms with E-state index in [0.29, 0.717) is 0 Å². The third-order valence-corrected chi connectivity index (χ3v) is 8.96. The van der Waals surface area contributed by atoms with E-state index in [2.05, 4.69) is 149 Å². The maximum absolute atomic E-state index is 13.9. The first-order chi connectivity index (χ1) is 22.2. The van der Waals surface area contributed by atoms with Crippen molar-refractivity contribution in [1.29, 1.82) is 0 Å². The van der Waals surface area contributed by atoms with Crippen LogP contribution in [0.4, 0.5) is 21.5 Å². The second-order valence-corrected chi connectivity index (χ2v) is 11.6. The van der Waals surface area contributed by atoms with Crippen molar-refractivity contribution < 1.29 is 4.39 Å². The Balaban J connectivity index is 1.21. The van der Waals surface area contributed by atoms with Crippen LogP contribution in [0, 0.1) is 5.82 Å². The number of hydrogen-bond acceptors (Lipinski definition) is 1. The number of benzene rings is 8. The van der Waals surface area contributed by atoms with Crippen LogP contribution in [0.5, 0.6) is 0 Å². The highest BCUT2D eigenvalue weighted by molar-refractivity contribution is 6.25. The van der Waals surface area contributed by atoms with E-state index in [9.17, 15) is 4.39 Å². The van der Waals surface area contributed by atoms with Gasteiger partial charge in [-0.2, -0.15) is 0 Å². The first-order valence-electron chi connectivity index (χ1n) is 15.2. The highest BCUT2D eigenvalue weighted by Gasteiger charge is 2.19. The third-order valence-electron chi connectivity index (χ3n) is 8.96. The molecule has 0 unspecified atom stereocenters. The smallest absolute Gasteiger partial charge is 0.123 e. The number of aromatic nitrogens is 1. The number of hydrogen-bond donors (Lipinski definition) is 0. The van der Waals surface area contributed by atoms with Crippen LogP contribution in [0.2, 0.25) is 0 Å². The fourth-order valence-corrected chi connectivity index (χ4v) is 6.94. The summed E-state index contributed by atoms with van der Waals surface area (Å²) in [5.74, 6) is -0.235. The molecule has 0 atom stereocenters. The summed E-state index contributed by atoms with van der Waals surface area (Å²) in [5.41, 5.74) is 8.81. The van der Waals surface area contributed by atoms with E-state index in [1.807, 2.05) is 12.1 Å². The molecule has 9 aromatic rings. The molecular weight excluding hydrogens is 551 g/mol. The van der Waals surface area contributed by atoms with Crippen LogP contribution in [0.3, 0.4) is 0 Å². The lowest BCUT2D eigenvalue weighted by Gasteiger charge is -2.27. The van der Waals surface area contributed by atoms with Gasteiger partial charge in [-0.05, 0) is 100 Å². The fraction of sp³-hybridized carbons (Fsp3) is 0. The maximum Gasteiger partial charge on any atom is 0.123 e. The molecule has 0 aliphatic carbocycles. The molecule has 0 saturated carbocycles. The van der Waals surface area contributed by atoms with Crippen LogP contribution in [0.15, 0.2) is 164 Å². The molecule has 212 valence electrons. The fourth-order valence-electron chi connectivity index (χ4n) is 6.94. The molecule has 1 aromatic heterocycles. The number of para-hydroxylation sites is 1. The quantitative estimate of drug-likeness (QED) is 0.184. The van der Waals surface area contributed by atoms with Crippen LogP contribution >= 0.6 is 0 Å².